The number of unbranched alkanes of at least 4 members (excludes halogenated alkanes) is 8. The van der Waals surface area contributed by atoms with E-state index in [9.17, 15) is 0 Å². The summed E-state index contributed by atoms with van der Waals surface area (Å²) in [4.78, 5) is 5.50. The fraction of sp³-hybridized carbons (Fsp3) is 0.633. The Morgan fingerprint density at radius 1 is 0.462 bits per heavy atom. The van der Waals surface area contributed by atoms with Gasteiger partial charge in [-0.15, -0.1) is 0 Å². The largest absolute Gasteiger partial charge is 0.371 e. The van der Waals surface area contributed by atoms with Crippen molar-refractivity contribution < 1.29 is 0 Å². The van der Waals surface area contributed by atoms with E-state index < -0.39 is 0 Å². The molecule has 0 amide bonds. The molecule has 3 aromatic carbocycles. The number of aryl methyl sites for hydroxylation is 2. The highest BCUT2D eigenvalue weighted by molar-refractivity contribution is 6.99. The lowest BCUT2D eigenvalue weighted by Gasteiger charge is -2.29. The third kappa shape index (κ3) is 9.89. The molecule has 4 rings (SSSR count). The van der Waals surface area contributed by atoms with Crippen molar-refractivity contribution in [1.82, 2.24) is 0 Å². The summed E-state index contributed by atoms with van der Waals surface area (Å²) in [5.41, 5.74) is 18.0. The Hall–Kier alpha value is -2.68. The number of rotatable bonds is 22. The molecule has 0 saturated heterocycles. The Morgan fingerprint density at radius 2 is 0.808 bits per heavy atom. The summed E-state index contributed by atoms with van der Waals surface area (Å²) >= 11 is 0. The van der Waals surface area contributed by atoms with E-state index in [0.717, 1.165) is 26.2 Å². The van der Waals surface area contributed by atoms with Crippen molar-refractivity contribution in [1.29, 1.82) is 0 Å². The maximum Gasteiger partial charge on any atom is 0.243 e. The molecule has 0 atom stereocenters. The molecular weight excluding hydrogens is 627 g/mol. The van der Waals surface area contributed by atoms with Crippen molar-refractivity contribution in [2.45, 2.75) is 178 Å². The lowest BCUT2D eigenvalue weighted by Crippen LogP contribution is -2.52. The standard InChI is InChI=1S/C49H77BN2/c1-13-17-21-25-51(26-22-18-14-2)47-33-43-44-34-48(52(27-23-19-15-3)28-24-20-16-4)39(12)30-46(44)50(45(43)29-38(47)11)49-41(36(7)8)31-40(35(5)6)32-42(49)37(9)10/h29-37H,13-28H2,1-12H3. The van der Waals surface area contributed by atoms with Gasteiger partial charge in [-0.05, 0) is 108 Å². The van der Waals surface area contributed by atoms with Gasteiger partial charge in [0, 0.05) is 37.6 Å². The van der Waals surface area contributed by atoms with Crippen LogP contribution >= 0.6 is 0 Å². The highest BCUT2D eigenvalue weighted by atomic mass is 15.1. The molecule has 2 nitrogen and oxygen atoms in total. The first-order chi connectivity index (χ1) is 25.0. The monoisotopic (exact) mass is 705 g/mol. The van der Waals surface area contributed by atoms with Crippen LogP contribution in [0.1, 0.15) is 192 Å². The molecule has 0 spiro atoms. The van der Waals surface area contributed by atoms with Gasteiger partial charge >= 0.3 is 0 Å². The second kappa shape index (κ2) is 20.1. The van der Waals surface area contributed by atoms with Gasteiger partial charge in [0.25, 0.3) is 0 Å². The van der Waals surface area contributed by atoms with Gasteiger partial charge in [-0.25, -0.2) is 0 Å². The van der Waals surface area contributed by atoms with E-state index >= 15 is 0 Å². The Morgan fingerprint density at radius 3 is 1.10 bits per heavy atom. The van der Waals surface area contributed by atoms with Crippen LogP contribution in [0.3, 0.4) is 0 Å². The van der Waals surface area contributed by atoms with Crippen molar-refractivity contribution >= 4 is 34.5 Å². The summed E-state index contributed by atoms with van der Waals surface area (Å²) in [6.45, 7) is 33.4. The summed E-state index contributed by atoms with van der Waals surface area (Å²) in [6.07, 6.45) is 15.3. The fourth-order valence-corrected chi connectivity index (χ4v) is 8.80. The van der Waals surface area contributed by atoms with E-state index in [1.165, 1.54) is 127 Å². The molecular formula is C49H77BN2. The number of fused-ring (bicyclic) bond motifs is 3. The lowest BCUT2D eigenvalue weighted by molar-refractivity contribution is 0.635. The molecule has 0 fully saturated rings. The Bertz CT molecular complexity index is 1440. The van der Waals surface area contributed by atoms with E-state index in [1.54, 1.807) is 16.6 Å². The minimum Gasteiger partial charge on any atom is -0.371 e. The van der Waals surface area contributed by atoms with Crippen molar-refractivity contribution in [3.8, 4) is 11.1 Å². The second-order valence-electron chi connectivity index (χ2n) is 17.3. The van der Waals surface area contributed by atoms with Crippen LogP contribution in [0.2, 0.25) is 0 Å². The minimum absolute atomic E-state index is 0.253. The van der Waals surface area contributed by atoms with Crippen LogP contribution < -0.4 is 26.2 Å². The summed E-state index contributed by atoms with van der Waals surface area (Å²) in [5, 5.41) is 0. The van der Waals surface area contributed by atoms with E-state index in [2.05, 4.69) is 129 Å². The Kier molecular flexibility index (Phi) is 16.3. The number of hydrogen-bond donors (Lipinski definition) is 0. The highest BCUT2D eigenvalue weighted by Gasteiger charge is 2.39. The summed E-state index contributed by atoms with van der Waals surface area (Å²) in [6, 6.07) is 15.7. The first-order valence-corrected chi connectivity index (χ1v) is 22.0. The number of nitrogens with zero attached hydrogens (tertiary/aromatic N) is 2. The molecule has 52 heavy (non-hydrogen) atoms. The summed E-state index contributed by atoms with van der Waals surface area (Å²) < 4.78 is 0. The quantitative estimate of drug-likeness (QED) is 0.0594. The van der Waals surface area contributed by atoms with Gasteiger partial charge in [0.1, 0.15) is 0 Å². The molecule has 286 valence electrons. The second-order valence-corrected chi connectivity index (χ2v) is 17.3. The molecule has 0 saturated carbocycles. The predicted octanol–water partition coefficient (Wildman–Crippen LogP) is 12.5. The van der Waals surface area contributed by atoms with Crippen LogP contribution in [0.5, 0.6) is 0 Å². The van der Waals surface area contributed by atoms with Gasteiger partial charge in [0.15, 0.2) is 0 Å². The van der Waals surface area contributed by atoms with Crippen LogP contribution in [-0.4, -0.2) is 32.9 Å². The molecule has 0 aliphatic carbocycles. The van der Waals surface area contributed by atoms with Crippen molar-refractivity contribution in [2.24, 2.45) is 0 Å². The smallest absolute Gasteiger partial charge is 0.243 e. The number of hydrogen-bond acceptors (Lipinski definition) is 2. The van der Waals surface area contributed by atoms with Gasteiger partial charge in [0.2, 0.25) is 6.71 Å². The average Bonchev–Trinajstić information content (AvgIpc) is 3.40. The third-order valence-electron chi connectivity index (χ3n) is 11.9. The highest BCUT2D eigenvalue weighted by Crippen LogP contribution is 2.36. The molecule has 0 N–H and O–H groups in total. The lowest BCUT2D eigenvalue weighted by atomic mass is 9.36. The van der Waals surface area contributed by atoms with Gasteiger partial charge in [-0.1, -0.05) is 161 Å². The van der Waals surface area contributed by atoms with Crippen molar-refractivity contribution in [3.05, 3.63) is 64.2 Å². The number of anilines is 2. The topological polar surface area (TPSA) is 6.48 Å². The molecule has 1 aliphatic heterocycles. The van der Waals surface area contributed by atoms with E-state index in [4.69, 9.17) is 0 Å². The normalized spacial score (nSPS) is 12.4. The number of benzene rings is 3. The Balaban J connectivity index is 2.02. The zero-order valence-electron chi connectivity index (χ0n) is 36.0. The van der Waals surface area contributed by atoms with Gasteiger partial charge in [-0.2, -0.15) is 0 Å². The van der Waals surface area contributed by atoms with E-state index in [1.807, 2.05) is 0 Å². The van der Waals surface area contributed by atoms with Gasteiger partial charge < -0.3 is 9.80 Å². The van der Waals surface area contributed by atoms with E-state index in [-0.39, 0.29) is 6.71 Å². The average molecular weight is 705 g/mol. The summed E-state index contributed by atoms with van der Waals surface area (Å²) in [5.74, 6) is 1.43. The van der Waals surface area contributed by atoms with Gasteiger partial charge in [-0.3, -0.25) is 0 Å². The zero-order chi connectivity index (χ0) is 37.9. The maximum absolute atomic E-state index is 2.75. The molecule has 1 aliphatic rings. The molecule has 0 radical (unpaired) electrons. The third-order valence-corrected chi connectivity index (χ3v) is 11.9. The fourth-order valence-electron chi connectivity index (χ4n) is 8.80. The van der Waals surface area contributed by atoms with Crippen LogP contribution in [0.25, 0.3) is 11.1 Å². The minimum atomic E-state index is 0.253. The van der Waals surface area contributed by atoms with Crippen LogP contribution in [0, 0.1) is 13.8 Å². The van der Waals surface area contributed by atoms with Crippen LogP contribution in [0.4, 0.5) is 11.4 Å². The summed E-state index contributed by atoms with van der Waals surface area (Å²) in [7, 11) is 0. The van der Waals surface area contributed by atoms with Crippen LogP contribution in [-0.2, 0) is 0 Å². The predicted molar refractivity (Wildman–Crippen MR) is 237 cm³/mol. The zero-order valence-corrected chi connectivity index (χ0v) is 36.0. The van der Waals surface area contributed by atoms with Gasteiger partial charge in [0.05, 0.1) is 0 Å². The van der Waals surface area contributed by atoms with Crippen molar-refractivity contribution in [3.63, 3.8) is 0 Å². The molecule has 3 aromatic rings. The van der Waals surface area contributed by atoms with E-state index in [0.29, 0.717) is 17.8 Å². The molecule has 0 aromatic heterocycles. The molecule has 1 heterocycles. The molecule has 0 bridgehead atoms. The van der Waals surface area contributed by atoms with Crippen molar-refractivity contribution in [2.75, 3.05) is 36.0 Å². The maximum atomic E-state index is 2.75. The SMILES string of the molecule is CCCCCN(CCCCC)c1cc2c(cc1C)B(c1c(C(C)C)cc(C(C)C)cc1C(C)C)c1cc(C)c(N(CCCCC)CCCCC)cc1-2. The first-order valence-electron chi connectivity index (χ1n) is 22.0. The first kappa shape index (κ1) is 42.1. The molecule has 3 heteroatoms. The Labute approximate surface area is 322 Å². The molecule has 0 unspecified atom stereocenters. The van der Waals surface area contributed by atoms with Crippen LogP contribution in [0.15, 0.2) is 36.4 Å².